The summed E-state index contributed by atoms with van der Waals surface area (Å²) in [5.41, 5.74) is 13.6. The first kappa shape index (κ1) is 33.6. The topological polar surface area (TPSA) is 21.7 Å². The third-order valence-electron chi connectivity index (χ3n) is 12.0. The molecule has 268 valence electrons. The van der Waals surface area contributed by atoms with Crippen LogP contribution in [0.4, 0.5) is 17.1 Å². The number of ether oxygens (including phenoxy) is 2. The Bertz CT molecular complexity index is 2460. The van der Waals surface area contributed by atoms with Crippen LogP contribution in [0.2, 0.25) is 0 Å². The van der Waals surface area contributed by atoms with Crippen LogP contribution in [0.5, 0.6) is 23.0 Å². The van der Waals surface area contributed by atoms with E-state index in [0.717, 1.165) is 45.5 Å². The normalized spacial score (nSPS) is 14.7. The summed E-state index contributed by atoms with van der Waals surface area (Å²) >= 11 is 0. The van der Waals surface area contributed by atoms with Crippen molar-refractivity contribution in [2.24, 2.45) is 0 Å². The van der Waals surface area contributed by atoms with E-state index in [2.05, 4.69) is 204 Å². The maximum Gasteiger partial charge on any atom is 0.260 e. The second-order valence-electron chi connectivity index (χ2n) is 17.3. The van der Waals surface area contributed by atoms with Crippen LogP contribution < -0.4 is 30.8 Å². The molecule has 4 heteroatoms. The van der Waals surface area contributed by atoms with Gasteiger partial charge in [0.25, 0.3) is 6.71 Å². The van der Waals surface area contributed by atoms with Gasteiger partial charge >= 0.3 is 0 Å². The molecule has 10 rings (SSSR count). The van der Waals surface area contributed by atoms with Crippen molar-refractivity contribution in [2.45, 2.75) is 57.8 Å². The van der Waals surface area contributed by atoms with Gasteiger partial charge in [0.2, 0.25) is 0 Å². The molecule has 3 aliphatic rings. The second-order valence-corrected chi connectivity index (χ2v) is 17.3. The fraction of sp³-hybridized carbons (Fsp3) is 0.176. The summed E-state index contributed by atoms with van der Waals surface area (Å²) in [5.74, 6) is 3.46. The van der Waals surface area contributed by atoms with Gasteiger partial charge in [0.15, 0.2) is 0 Å². The zero-order valence-electron chi connectivity index (χ0n) is 32.4. The lowest BCUT2D eigenvalue weighted by molar-refractivity contribution is 0.464. The Morgan fingerprint density at radius 3 is 1.31 bits per heavy atom. The maximum atomic E-state index is 6.98. The lowest BCUT2D eigenvalue weighted by Crippen LogP contribution is -2.57. The molecule has 0 radical (unpaired) electrons. The minimum absolute atomic E-state index is 0.00693. The second kappa shape index (κ2) is 12.0. The van der Waals surface area contributed by atoms with Gasteiger partial charge in [0, 0.05) is 17.6 Å². The first-order chi connectivity index (χ1) is 26.5. The van der Waals surface area contributed by atoms with Crippen molar-refractivity contribution in [3.63, 3.8) is 0 Å². The first-order valence-electron chi connectivity index (χ1n) is 19.5. The molecule has 0 saturated carbocycles. The minimum atomic E-state index is -0.541. The lowest BCUT2D eigenvalue weighted by Gasteiger charge is -2.46. The Morgan fingerprint density at radius 2 is 0.873 bits per heavy atom. The van der Waals surface area contributed by atoms with Crippen molar-refractivity contribution in [3.05, 3.63) is 191 Å². The molecule has 0 unspecified atom stereocenters. The van der Waals surface area contributed by atoms with Crippen LogP contribution in [0.3, 0.4) is 0 Å². The molecule has 0 saturated heterocycles. The van der Waals surface area contributed by atoms with Gasteiger partial charge in [-0.1, -0.05) is 163 Å². The van der Waals surface area contributed by atoms with Crippen LogP contribution in [-0.2, 0) is 16.2 Å². The third-order valence-corrected chi connectivity index (χ3v) is 12.0. The van der Waals surface area contributed by atoms with E-state index in [1.54, 1.807) is 0 Å². The minimum Gasteiger partial charge on any atom is -0.458 e. The van der Waals surface area contributed by atoms with Crippen molar-refractivity contribution >= 4 is 40.2 Å². The SMILES string of the molecule is CC(C)(C)c1ccc2c(c1)B1c3cc(C(C)(C)C)ccc3Oc3cc(N4c5ccccc5C(c5ccccc5)(c5ccccc5)c5ccccc54)cc(c31)O2. The van der Waals surface area contributed by atoms with E-state index in [4.69, 9.17) is 9.47 Å². The molecule has 0 spiro atoms. The number of anilines is 3. The van der Waals surface area contributed by atoms with E-state index in [1.165, 1.54) is 44.3 Å². The molecule has 7 aromatic rings. The van der Waals surface area contributed by atoms with Gasteiger partial charge < -0.3 is 14.4 Å². The fourth-order valence-electron chi connectivity index (χ4n) is 9.24. The highest BCUT2D eigenvalue weighted by Crippen LogP contribution is 2.58. The van der Waals surface area contributed by atoms with Crippen LogP contribution in [0, 0.1) is 0 Å². The highest BCUT2D eigenvalue weighted by atomic mass is 16.5. The van der Waals surface area contributed by atoms with Crippen LogP contribution >= 0.6 is 0 Å². The molecule has 3 heterocycles. The monoisotopic (exact) mass is 713 g/mol. The van der Waals surface area contributed by atoms with E-state index >= 15 is 0 Å². The molecule has 0 fully saturated rings. The quantitative estimate of drug-likeness (QED) is 0.170. The van der Waals surface area contributed by atoms with Gasteiger partial charge in [-0.3, -0.25) is 0 Å². The number of rotatable bonds is 3. The highest BCUT2D eigenvalue weighted by molar-refractivity contribution is 6.98. The maximum absolute atomic E-state index is 6.98. The molecule has 55 heavy (non-hydrogen) atoms. The van der Waals surface area contributed by atoms with Gasteiger partial charge in [-0.2, -0.15) is 0 Å². The molecule has 0 atom stereocenters. The van der Waals surface area contributed by atoms with Gasteiger partial charge in [-0.25, -0.2) is 0 Å². The number of fused-ring (bicyclic) bond motifs is 6. The highest BCUT2D eigenvalue weighted by Gasteiger charge is 2.47. The number of hydrogen-bond acceptors (Lipinski definition) is 3. The third kappa shape index (κ3) is 5.04. The molecule has 0 amide bonds. The molecule has 0 bridgehead atoms. The Balaban J connectivity index is 1.22. The van der Waals surface area contributed by atoms with Gasteiger partial charge in [0.1, 0.15) is 23.0 Å². The summed E-state index contributed by atoms with van der Waals surface area (Å²) in [6, 6.07) is 57.7. The van der Waals surface area contributed by atoms with Gasteiger partial charge in [-0.15, -0.1) is 0 Å². The zero-order valence-corrected chi connectivity index (χ0v) is 32.4. The lowest BCUT2D eigenvalue weighted by atomic mass is 9.34. The first-order valence-corrected chi connectivity index (χ1v) is 19.5. The standard InChI is InChI=1S/C51H44BNO2/c1-49(2,3)35-25-27-44-40(29-35)52-41-30-36(50(4,5)6)26-28-45(41)55-47-32-37(31-46(54-44)48(47)52)53-42-23-15-13-21-38(42)51(33-17-9-7-10-18-33,34-19-11-8-12-20-34)39-22-14-16-24-43(39)53/h7-32H,1-6H3. The molecule has 3 aliphatic heterocycles. The Morgan fingerprint density at radius 1 is 0.455 bits per heavy atom. The van der Waals surface area contributed by atoms with Crippen LogP contribution in [0.25, 0.3) is 0 Å². The predicted molar refractivity (Wildman–Crippen MR) is 228 cm³/mol. The number of para-hydroxylation sites is 2. The van der Waals surface area contributed by atoms with E-state index in [1.807, 2.05) is 0 Å². The Hall–Kier alpha value is -6.00. The Labute approximate surface area is 325 Å². The summed E-state index contributed by atoms with van der Waals surface area (Å²) in [5, 5.41) is 0. The number of benzene rings is 7. The van der Waals surface area contributed by atoms with Crippen LogP contribution in [0.1, 0.15) is 74.9 Å². The molecule has 0 N–H and O–H groups in total. The fourth-order valence-corrected chi connectivity index (χ4v) is 9.24. The summed E-state index contributed by atoms with van der Waals surface area (Å²) in [6.45, 7) is 13.6. The van der Waals surface area contributed by atoms with E-state index in [0.29, 0.717) is 0 Å². The average Bonchev–Trinajstić information content (AvgIpc) is 3.19. The molecule has 0 aromatic heterocycles. The molecular formula is C51H44BNO2. The van der Waals surface area contributed by atoms with Crippen molar-refractivity contribution < 1.29 is 9.47 Å². The van der Waals surface area contributed by atoms with E-state index in [-0.39, 0.29) is 17.5 Å². The molecule has 7 aromatic carbocycles. The van der Waals surface area contributed by atoms with Gasteiger partial charge in [0.05, 0.1) is 22.5 Å². The van der Waals surface area contributed by atoms with E-state index < -0.39 is 5.41 Å². The van der Waals surface area contributed by atoms with Crippen LogP contribution in [0.15, 0.2) is 158 Å². The summed E-state index contributed by atoms with van der Waals surface area (Å²) < 4.78 is 14.0. The Kier molecular flexibility index (Phi) is 7.32. The average molecular weight is 714 g/mol. The molecular weight excluding hydrogens is 669 g/mol. The van der Waals surface area contributed by atoms with Crippen molar-refractivity contribution in [2.75, 3.05) is 4.90 Å². The van der Waals surface area contributed by atoms with Crippen molar-refractivity contribution in [1.82, 2.24) is 0 Å². The number of nitrogens with zero attached hydrogens (tertiary/aromatic N) is 1. The zero-order chi connectivity index (χ0) is 37.7. The number of hydrogen-bond donors (Lipinski definition) is 0. The molecule has 0 aliphatic carbocycles. The predicted octanol–water partition coefficient (Wildman–Crippen LogP) is 11.2. The smallest absolute Gasteiger partial charge is 0.260 e. The largest absolute Gasteiger partial charge is 0.458 e. The molecule has 3 nitrogen and oxygen atoms in total. The summed E-state index contributed by atoms with van der Waals surface area (Å²) in [7, 11) is 0. The summed E-state index contributed by atoms with van der Waals surface area (Å²) in [4.78, 5) is 2.41. The van der Waals surface area contributed by atoms with Gasteiger partial charge in [-0.05, 0) is 79.4 Å². The summed E-state index contributed by atoms with van der Waals surface area (Å²) in [6.07, 6.45) is 0. The van der Waals surface area contributed by atoms with Crippen LogP contribution in [-0.4, -0.2) is 6.71 Å². The van der Waals surface area contributed by atoms with Crippen molar-refractivity contribution in [1.29, 1.82) is 0 Å². The van der Waals surface area contributed by atoms with E-state index in [9.17, 15) is 0 Å². The van der Waals surface area contributed by atoms with Crippen molar-refractivity contribution in [3.8, 4) is 23.0 Å².